The van der Waals surface area contributed by atoms with Gasteiger partial charge in [-0.25, -0.2) is 4.39 Å². The number of nitrogens with one attached hydrogen (secondary N) is 2. The second-order valence-electron chi connectivity index (χ2n) is 6.56. The van der Waals surface area contributed by atoms with Crippen LogP contribution in [0.5, 0.6) is 11.5 Å². The molecule has 1 amide bonds. The van der Waals surface area contributed by atoms with Crippen LogP contribution >= 0.6 is 0 Å². The van der Waals surface area contributed by atoms with E-state index in [4.69, 9.17) is 4.74 Å². The highest BCUT2D eigenvalue weighted by atomic mass is 19.1. The first-order valence-corrected chi connectivity index (χ1v) is 8.86. The second-order valence-corrected chi connectivity index (χ2v) is 6.56. The predicted molar refractivity (Wildman–Crippen MR) is 104 cm³/mol. The van der Waals surface area contributed by atoms with Crippen LogP contribution in [0.1, 0.15) is 44.6 Å². The lowest BCUT2D eigenvalue weighted by Crippen LogP contribution is -2.24. The van der Waals surface area contributed by atoms with Crippen LogP contribution in [0.3, 0.4) is 0 Å². The molecule has 0 spiro atoms. The minimum atomic E-state index is -0.318. The Balaban J connectivity index is 1.62. The minimum Gasteiger partial charge on any atom is -0.457 e. The van der Waals surface area contributed by atoms with Gasteiger partial charge < -0.3 is 15.0 Å². The fourth-order valence-corrected chi connectivity index (χ4v) is 3.09. The summed E-state index contributed by atoms with van der Waals surface area (Å²) in [5.41, 5.74) is 3.21. The number of aryl methyl sites for hydroxylation is 1. The smallest absolute Gasteiger partial charge is 0.268 e. The normalized spacial score (nSPS) is 10.6. The number of halogens is 1. The number of benzene rings is 2. The molecule has 0 aliphatic carbocycles. The Bertz CT molecular complexity index is 1010. The molecule has 0 saturated heterocycles. The monoisotopic (exact) mass is 380 g/mol. The summed E-state index contributed by atoms with van der Waals surface area (Å²) in [7, 11) is 0. The molecule has 0 unspecified atom stereocenters. The highest BCUT2D eigenvalue weighted by molar-refractivity contribution is 6.02. The SMILES string of the molecule is CC(=O)c1c(C)[nH]c(C(=O)NCc2ccc(Oc3ccc(F)cc3)cc2)c1C. The molecule has 144 valence electrons. The van der Waals surface area contributed by atoms with Crippen molar-refractivity contribution >= 4 is 11.7 Å². The van der Waals surface area contributed by atoms with Crippen molar-refractivity contribution in [3.8, 4) is 11.5 Å². The van der Waals surface area contributed by atoms with Crippen molar-refractivity contribution in [2.24, 2.45) is 0 Å². The number of aromatic nitrogens is 1. The van der Waals surface area contributed by atoms with Gasteiger partial charge in [-0.15, -0.1) is 0 Å². The average Bonchev–Trinajstić information content (AvgIpc) is 2.97. The fourth-order valence-electron chi connectivity index (χ4n) is 3.09. The first-order valence-electron chi connectivity index (χ1n) is 8.86. The summed E-state index contributed by atoms with van der Waals surface area (Å²) in [4.78, 5) is 27.1. The van der Waals surface area contributed by atoms with Crippen molar-refractivity contribution in [3.05, 3.63) is 82.4 Å². The molecule has 2 aromatic carbocycles. The highest BCUT2D eigenvalue weighted by Crippen LogP contribution is 2.22. The van der Waals surface area contributed by atoms with Gasteiger partial charge in [0.15, 0.2) is 5.78 Å². The molecule has 0 radical (unpaired) electrons. The maximum absolute atomic E-state index is 12.9. The van der Waals surface area contributed by atoms with E-state index in [1.807, 2.05) is 12.1 Å². The number of ketones is 1. The quantitative estimate of drug-likeness (QED) is 0.609. The average molecular weight is 380 g/mol. The molecule has 1 heterocycles. The number of carbonyl (C=O) groups excluding carboxylic acids is 2. The highest BCUT2D eigenvalue weighted by Gasteiger charge is 2.19. The number of amides is 1. The third-order valence-electron chi connectivity index (χ3n) is 4.44. The van der Waals surface area contributed by atoms with Crippen molar-refractivity contribution in [1.29, 1.82) is 0 Å². The van der Waals surface area contributed by atoms with Gasteiger partial charge in [0.25, 0.3) is 5.91 Å². The fraction of sp³-hybridized carbons (Fsp3) is 0.182. The van der Waals surface area contributed by atoms with Gasteiger partial charge in [0, 0.05) is 17.8 Å². The Hall–Kier alpha value is -3.41. The maximum Gasteiger partial charge on any atom is 0.268 e. The molecular formula is C22H21FN2O3. The number of hydrogen-bond acceptors (Lipinski definition) is 3. The zero-order valence-electron chi connectivity index (χ0n) is 15.9. The molecule has 0 aliphatic rings. The number of aromatic amines is 1. The molecule has 28 heavy (non-hydrogen) atoms. The zero-order valence-corrected chi connectivity index (χ0v) is 15.9. The van der Waals surface area contributed by atoms with Crippen molar-refractivity contribution in [2.75, 3.05) is 0 Å². The summed E-state index contributed by atoms with van der Waals surface area (Å²) in [6, 6.07) is 13.0. The molecule has 0 bridgehead atoms. The summed E-state index contributed by atoms with van der Waals surface area (Å²) < 4.78 is 18.6. The number of Topliss-reactive ketones (excluding diaryl/α,β-unsaturated/α-hetero) is 1. The van der Waals surface area contributed by atoms with Crippen LogP contribution in [0.25, 0.3) is 0 Å². The van der Waals surface area contributed by atoms with Crippen LogP contribution in [-0.2, 0) is 6.54 Å². The van der Waals surface area contributed by atoms with Crippen LogP contribution in [0, 0.1) is 19.7 Å². The van der Waals surface area contributed by atoms with Gasteiger partial charge in [-0.05, 0) is 68.3 Å². The molecule has 3 aromatic rings. The number of carbonyl (C=O) groups is 2. The first kappa shape index (κ1) is 19.4. The topological polar surface area (TPSA) is 71.2 Å². The summed E-state index contributed by atoms with van der Waals surface area (Å²) in [6.07, 6.45) is 0. The molecule has 0 aliphatic heterocycles. The Morgan fingerprint density at radius 1 is 1.00 bits per heavy atom. The van der Waals surface area contributed by atoms with Crippen LogP contribution < -0.4 is 10.1 Å². The first-order chi connectivity index (χ1) is 13.3. The van der Waals surface area contributed by atoms with E-state index in [0.717, 1.165) is 5.56 Å². The number of ether oxygens (including phenoxy) is 1. The largest absolute Gasteiger partial charge is 0.457 e. The van der Waals surface area contributed by atoms with E-state index < -0.39 is 0 Å². The Morgan fingerprint density at radius 3 is 2.11 bits per heavy atom. The summed E-state index contributed by atoms with van der Waals surface area (Å²) in [5.74, 6) is 0.507. The second kappa shape index (κ2) is 8.08. The van der Waals surface area contributed by atoms with Crippen molar-refractivity contribution in [1.82, 2.24) is 10.3 Å². The Labute approximate surface area is 162 Å². The summed E-state index contributed by atoms with van der Waals surface area (Å²) in [5, 5.41) is 2.85. The molecule has 5 nitrogen and oxygen atoms in total. The lowest BCUT2D eigenvalue weighted by molar-refractivity contribution is 0.0945. The van der Waals surface area contributed by atoms with Gasteiger partial charge in [-0.1, -0.05) is 12.1 Å². The molecule has 0 fully saturated rings. The van der Waals surface area contributed by atoms with E-state index in [0.29, 0.717) is 40.6 Å². The van der Waals surface area contributed by atoms with Crippen molar-refractivity contribution in [2.45, 2.75) is 27.3 Å². The van der Waals surface area contributed by atoms with Gasteiger partial charge in [0.2, 0.25) is 0 Å². The van der Waals surface area contributed by atoms with Crippen molar-refractivity contribution < 1.29 is 18.7 Å². The van der Waals surface area contributed by atoms with Gasteiger partial charge in [-0.3, -0.25) is 9.59 Å². The lowest BCUT2D eigenvalue weighted by atomic mass is 10.1. The zero-order chi connectivity index (χ0) is 20.3. The van der Waals surface area contributed by atoms with E-state index in [-0.39, 0.29) is 17.5 Å². The molecule has 0 saturated carbocycles. The minimum absolute atomic E-state index is 0.0676. The van der Waals surface area contributed by atoms with E-state index in [2.05, 4.69) is 10.3 Å². The molecule has 2 N–H and O–H groups in total. The third-order valence-corrected chi connectivity index (χ3v) is 4.44. The van der Waals surface area contributed by atoms with E-state index in [1.165, 1.54) is 19.1 Å². The van der Waals surface area contributed by atoms with Crippen LogP contribution in [0.2, 0.25) is 0 Å². The van der Waals surface area contributed by atoms with E-state index in [9.17, 15) is 14.0 Å². The van der Waals surface area contributed by atoms with E-state index >= 15 is 0 Å². The molecule has 6 heteroatoms. The van der Waals surface area contributed by atoms with Crippen molar-refractivity contribution in [3.63, 3.8) is 0 Å². The predicted octanol–water partition coefficient (Wildman–Crippen LogP) is 4.70. The van der Waals surface area contributed by atoms with Gasteiger partial charge in [0.05, 0.1) is 0 Å². The number of H-pyrrole nitrogens is 1. The summed E-state index contributed by atoms with van der Waals surface area (Å²) in [6.45, 7) is 5.36. The van der Waals surface area contributed by atoms with Crippen LogP contribution in [-0.4, -0.2) is 16.7 Å². The molecule has 3 rings (SSSR count). The Morgan fingerprint density at radius 2 is 1.57 bits per heavy atom. The standard InChI is InChI=1S/C22H21FN2O3/c1-13-20(15(3)26)14(2)25-21(13)22(27)24-12-16-4-8-18(9-5-16)28-19-10-6-17(23)7-11-19/h4-11,25H,12H2,1-3H3,(H,24,27). The molecule has 0 atom stereocenters. The maximum atomic E-state index is 12.9. The van der Waals surface area contributed by atoms with Crippen LogP contribution in [0.15, 0.2) is 48.5 Å². The summed E-state index contributed by atoms with van der Waals surface area (Å²) >= 11 is 0. The molecular weight excluding hydrogens is 359 g/mol. The number of hydrogen-bond donors (Lipinski definition) is 2. The molecule has 1 aromatic heterocycles. The van der Waals surface area contributed by atoms with E-state index in [1.54, 1.807) is 38.1 Å². The Kier molecular flexibility index (Phi) is 5.59. The third kappa shape index (κ3) is 4.28. The number of rotatable bonds is 6. The lowest BCUT2D eigenvalue weighted by Gasteiger charge is -2.08. The van der Waals surface area contributed by atoms with Gasteiger partial charge in [-0.2, -0.15) is 0 Å². The van der Waals surface area contributed by atoms with Gasteiger partial charge >= 0.3 is 0 Å². The van der Waals surface area contributed by atoms with Gasteiger partial charge in [0.1, 0.15) is 23.0 Å². The van der Waals surface area contributed by atoms with Crippen LogP contribution in [0.4, 0.5) is 4.39 Å².